The number of carbonyl (C=O) groups is 4. The van der Waals surface area contributed by atoms with Crippen molar-refractivity contribution in [3.05, 3.63) is 113 Å². The summed E-state index contributed by atoms with van der Waals surface area (Å²) in [6, 6.07) is 24.9. The van der Waals surface area contributed by atoms with E-state index in [1.54, 1.807) is 38.1 Å². The van der Waals surface area contributed by atoms with Crippen molar-refractivity contribution >= 4 is 52.2 Å². The van der Waals surface area contributed by atoms with Gasteiger partial charge in [-0.25, -0.2) is 9.59 Å². The fraction of sp³-hybridized carbons (Fsp3) is 0.211. The van der Waals surface area contributed by atoms with Crippen LogP contribution >= 0.6 is 0 Å². The molecule has 2 unspecified atom stereocenters. The predicted molar refractivity (Wildman–Crippen MR) is 185 cm³/mol. The molecule has 50 heavy (non-hydrogen) atoms. The van der Waals surface area contributed by atoms with Gasteiger partial charge in [0, 0.05) is 53.2 Å². The van der Waals surface area contributed by atoms with Crippen LogP contribution in [0.2, 0.25) is 0 Å². The fourth-order valence-electron chi connectivity index (χ4n) is 5.33. The number of methoxy groups -OCH3 is 1. The number of carbonyl (C=O) groups excluding carboxylic acids is 4. The third kappa shape index (κ3) is 7.61. The molecular weight excluding hydrogens is 642 g/mol. The van der Waals surface area contributed by atoms with E-state index >= 15 is 0 Å². The van der Waals surface area contributed by atoms with Crippen LogP contribution in [-0.4, -0.2) is 47.3 Å². The zero-order chi connectivity index (χ0) is 36.1. The van der Waals surface area contributed by atoms with E-state index in [1.165, 1.54) is 40.0 Å². The van der Waals surface area contributed by atoms with Crippen molar-refractivity contribution in [2.75, 3.05) is 12.0 Å². The Bertz CT molecular complexity index is 2000. The number of ketones is 1. The fourth-order valence-corrected chi connectivity index (χ4v) is 5.33. The normalized spacial score (nSPS) is 14.7. The van der Waals surface area contributed by atoms with Crippen molar-refractivity contribution < 1.29 is 43.4 Å². The first-order valence-electron chi connectivity index (χ1n) is 15.6. The van der Waals surface area contributed by atoms with E-state index in [9.17, 15) is 24.3 Å². The number of aliphatic hydroxyl groups excluding tert-OH is 1. The summed E-state index contributed by atoms with van der Waals surface area (Å²) in [6.45, 7) is 7.48. The number of ether oxygens (including phenoxy) is 2. The maximum Gasteiger partial charge on any atom is 0.343 e. The summed E-state index contributed by atoms with van der Waals surface area (Å²) >= 11 is 0. The first-order chi connectivity index (χ1) is 23.9. The van der Waals surface area contributed by atoms with Crippen molar-refractivity contribution in [3.8, 4) is 11.5 Å². The van der Waals surface area contributed by atoms with Crippen LogP contribution in [0.1, 0.15) is 73.3 Å². The number of nitrogens with zero attached hydrogens (tertiary/aromatic N) is 3. The summed E-state index contributed by atoms with van der Waals surface area (Å²) in [4.78, 5) is 60.2. The molecule has 0 bridgehead atoms. The van der Waals surface area contributed by atoms with Crippen LogP contribution in [0.15, 0.2) is 95.2 Å². The number of rotatable bonds is 11. The molecule has 0 radical (unpaired) electrons. The Morgan fingerprint density at radius 1 is 0.840 bits per heavy atom. The molecule has 2 atom stereocenters. The molecule has 4 aromatic carbocycles. The van der Waals surface area contributed by atoms with Crippen LogP contribution in [0.4, 0.5) is 17.1 Å². The van der Waals surface area contributed by atoms with Gasteiger partial charge in [0.05, 0.1) is 18.9 Å². The van der Waals surface area contributed by atoms with Crippen LogP contribution in [-0.2, 0) is 24.1 Å². The Morgan fingerprint density at radius 2 is 1.40 bits per heavy atom. The average molecular weight is 678 g/mol. The summed E-state index contributed by atoms with van der Waals surface area (Å²) in [5.41, 5.74) is 5.67. The van der Waals surface area contributed by atoms with Crippen LogP contribution in [0.25, 0.3) is 0 Å². The van der Waals surface area contributed by atoms with Gasteiger partial charge in [0.25, 0.3) is 0 Å². The predicted octanol–water partition coefficient (Wildman–Crippen LogP) is 6.56. The van der Waals surface area contributed by atoms with Crippen molar-refractivity contribution in [1.82, 2.24) is 0 Å². The van der Waals surface area contributed by atoms with E-state index in [4.69, 9.17) is 19.1 Å². The van der Waals surface area contributed by atoms with E-state index in [-0.39, 0.29) is 28.4 Å². The molecule has 0 amide bonds. The van der Waals surface area contributed by atoms with Gasteiger partial charge in [0.15, 0.2) is 17.3 Å². The largest absolute Gasteiger partial charge is 0.493 e. The number of hydrogen-bond donors (Lipinski definition) is 1. The summed E-state index contributed by atoms with van der Waals surface area (Å²) in [6.07, 6.45) is -1.05. The Hall–Kier alpha value is -6.14. The Morgan fingerprint density at radius 3 is 1.88 bits per heavy atom. The maximum absolute atomic E-state index is 13.7. The average Bonchev–Trinajstić information content (AvgIpc) is 3.44. The lowest BCUT2D eigenvalue weighted by atomic mass is 9.97. The van der Waals surface area contributed by atoms with Gasteiger partial charge >= 0.3 is 17.9 Å². The molecule has 256 valence electrons. The standard InChI is InChI=1S/C38H35N3O9/c1-21-35(40-50-38(21)46)27-9-15-31(16-10-27)41(30-13-7-26(8-14-30)22(2)39-49-25(5)44)32-17-11-28(12-18-32)36(45)29-19-33(23(3)42)37(48-24(4)43)34(20-29)47-6/h7-21,23,42H,1-6H3/b39-22+. The number of hydrogen-bond acceptors (Lipinski definition) is 12. The number of anilines is 3. The van der Waals surface area contributed by atoms with Gasteiger partial charge in [-0.2, -0.15) is 0 Å². The molecule has 0 saturated carbocycles. The van der Waals surface area contributed by atoms with Gasteiger partial charge in [0.2, 0.25) is 0 Å². The van der Waals surface area contributed by atoms with Crippen molar-refractivity contribution in [1.29, 1.82) is 0 Å². The third-order valence-corrected chi connectivity index (χ3v) is 7.92. The minimum absolute atomic E-state index is 0.0519. The minimum atomic E-state index is -1.05. The highest BCUT2D eigenvalue weighted by Crippen LogP contribution is 2.38. The molecule has 5 rings (SSSR count). The molecule has 12 nitrogen and oxygen atoms in total. The van der Waals surface area contributed by atoms with E-state index in [1.807, 2.05) is 53.4 Å². The minimum Gasteiger partial charge on any atom is -0.493 e. The molecule has 1 aliphatic rings. The zero-order valence-electron chi connectivity index (χ0n) is 28.3. The first-order valence-corrected chi connectivity index (χ1v) is 15.6. The monoisotopic (exact) mass is 677 g/mol. The van der Waals surface area contributed by atoms with Crippen LogP contribution in [0.3, 0.4) is 0 Å². The summed E-state index contributed by atoms with van der Waals surface area (Å²) in [5, 5.41) is 18.2. The van der Waals surface area contributed by atoms with Gasteiger partial charge in [-0.3, -0.25) is 9.59 Å². The molecule has 0 fully saturated rings. The highest BCUT2D eigenvalue weighted by Gasteiger charge is 2.29. The molecule has 1 heterocycles. The molecule has 0 aliphatic carbocycles. The smallest absolute Gasteiger partial charge is 0.343 e. The van der Waals surface area contributed by atoms with Gasteiger partial charge in [-0.1, -0.05) is 34.6 Å². The Labute approximate surface area is 288 Å². The second-order valence-corrected chi connectivity index (χ2v) is 11.5. The molecule has 12 heteroatoms. The molecule has 0 spiro atoms. The molecular formula is C38H35N3O9. The lowest BCUT2D eigenvalue weighted by Crippen LogP contribution is -2.15. The second-order valence-electron chi connectivity index (χ2n) is 11.5. The zero-order valence-corrected chi connectivity index (χ0v) is 28.3. The van der Waals surface area contributed by atoms with Crippen LogP contribution < -0.4 is 14.4 Å². The van der Waals surface area contributed by atoms with Crippen LogP contribution in [0, 0.1) is 5.92 Å². The van der Waals surface area contributed by atoms with Gasteiger partial charge in [0.1, 0.15) is 11.6 Å². The van der Waals surface area contributed by atoms with Crippen molar-refractivity contribution in [3.63, 3.8) is 0 Å². The topological polar surface area (TPSA) is 153 Å². The summed E-state index contributed by atoms with van der Waals surface area (Å²) < 4.78 is 10.7. The van der Waals surface area contributed by atoms with Crippen LogP contribution in [0.5, 0.6) is 11.5 Å². The molecule has 4 aromatic rings. The lowest BCUT2D eigenvalue weighted by Gasteiger charge is -2.26. The highest BCUT2D eigenvalue weighted by atomic mass is 16.7. The SMILES string of the molecule is COc1cc(C(=O)c2ccc(N(c3ccc(C4=NOC(=O)C4C)cc3)c3ccc(/C(C)=N/OC(C)=O)cc3)cc2)cc(C(C)O)c1OC(C)=O. The Kier molecular flexibility index (Phi) is 10.5. The highest BCUT2D eigenvalue weighted by molar-refractivity contribution is 6.14. The number of esters is 1. The first kappa shape index (κ1) is 35.2. The van der Waals surface area contributed by atoms with Crippen molar-refractivity contribution in [2.45, 2.75) is 40.7 Å². The van der Waals surface area contributed by atoms with Gasteiger partial charge < -0.3 is 29.2 Å². The molecule has 0 saturated heterocycles. The van der Waals surface area contributed by atoms with E-state index < -0.39 is 29.9 Å². The summed E-state index contributed by atoms with van der Waals surface area (Å²) in [5.74, 6) is -2.15. The lowest BCUT2D eigenvalue weighted by molar-refractivity contribution is -0.143. The molecule has 1 N–H and O–H groups in total. The maximum atomic E-state index is 13.7. The van der Waals surface area contributed by atoms with Gasteiger partial charge in [-0.05, 0) is 87.0 Å². The molecule has 0 aromatic heterocycles. The van der Waals surface area contributed by atoms with E-state index in [2.05, 4.69) is 10.3 Å². The third-order valence-electron chi connectivity index (χ3n) is 7.92. The number of aliphatic hydroxyl groups is 1. The Balaban J connectivity index is 1.51. The van der Waals surface area contributed by atoms with Crippen molar-refractivity contribution in [2.24, 2.45) is 16.2 Å². The van der Waals surface area contributed by atoms with E-state index in [0.717, 1.165) is 28.2 Å². The van der Waals surface area contributed by atoms with E-state index in [0.29, 0.717) is 17.0 Å². The second kappa shape index (κ2) is 15.0. The number of benzene rings is 4. The number of oxime groups is 2. The van der Waals surface area contributed by atoms with Gasteiger partial charge in [-0.15, -0.1) is 0 Å². The molecule has 1 aliphatic heterocycles. The summed E-state index contributed by atoms with van der Waals surface area (Å²) in [7, 11) is 1.38. The quantitative estimate of drug-likeness (QED) is 0.0461.